The molecule has 2 aromatic rings. The summed E-state index contributed by atoms with van der Waals surface area (Å²) < 4.78 is 2.27. The predicted octanol–water partition coefficient (Wildman–Crippen LogP) is 3.51. The number of fused-ring (bicyclic) bond motifs is 1. The molecule has 0 unspecified atom stereocenters. The van der Waals surface area contributed by atoms with Gasteiger partial charge in [-0.1, -0.05) is 13.8 Å². The number of benzene rings is 1. The van der Waals surface area contributed by atoms with Crippen LogP contribution in [-0.2, 0) is 6.54 Å². The van der Waals surface area contributed by atoms with Gasteiger partial charge in [-0.2, -0.15) is 0 Å². The number of non-ortho nitro benzene ring substituents is 1. The minimum Gasteiger partial charge on any atom is -0.343 e. The molecule has 0 saturated carbocycles. The molecule has 0 fully saturated rings. The molecular formula is C16H23N3O2. The zero-order valence-corrected chi connectivity index (χ0v) is 13.2. The van der Waals surface area contributed by atoms with Crippen LogP contribution in [0.25, 0.3) is 10.9 Å². The average Bonchev–Trinajstić information content (AvgIpc) is 2.72. The van der Waals surface area contributed by atoms with Crippen LogP contribution in [0.15, 0.2) is 18.2 Å². The van der Waals surface area contributed by atoms with Gasteiger partial charge in [0, 0.05) is 41.8 Å². The van der Waals surface area contributed by atoms with Crippen LogP contribution < -0.4 is 0 Å². The van der Waals surface area contributed by atoms with Gasteiger partial charge in [-0.15, -0.1) is 0 Å². The largest absolute Gasteiger partial charge is 0.343 e. The van der Waals surface area contributed by atoms with Crippen molar-refractivity contribution < 1.29 is 4.92 Å². The SMILES string of the molecule is CCN(CC)CCn1c(C)c(C)c2cc([N+](=O)[O-])ccc21. The van der Waals surface area contributed by atoms with Gasteiger partial charge in [0.15, 0.2) is 0 Å². The summed E-state index contributed by atoms with van der Waals surface area (Å²) in [5, 5.41) is 11.9. The first-order valence-corrected chi connectivity index (χ1v) is 7.45. The van der Waals surface area contributed by atoms with Crippen LogP contribution in [0.5, 0.6) is 0 Å². The number of aromatic nitrogens is 1. The quantitative estimate of drug-likeness (QED) is 0.604. The smallest absolute Gasteiger partial charge is 0.270 e. The van der Waals surface area contributed by atoms with Gasteiger partial charge in [-0.05, 0) is 38.6 Å². The first kappa shape index (κ1) is 15.5. The first-order chi connectivity index (χ1) is 9.99. The molecule has 0 aliphatic rings. The van der Waals surface area contributed by atoms with E-state index >= 15 is 0 Å². The van der Waals surface area contributed by atoms with Crippen molar-refractivity contribution in [2.75, 3.05) is 19.6 Å². The highest BCUT2D eigenvalue weighted by atomic mass is 16.6. The summed E-state index contributed by atoms with van der Waals surface area (Å²) >= 11 is 0. The lowest BCUT2D eigenvalue weighted by Gasteiger charge is -2.19. The summed E-state index contributed by atoms with van der Waals surface area (Å²) in [7, 11) is 0. The second-order valence-electron chi connectivity index (χ2n) is 5.35. The number of nitro groups is 1. The molecule has 1 aromatic carbocycles. The molecule has 2 rings (SSSR count). The lowest BCUT2D eigenvalue weighted by molar-refractivity contribution is -0.384. The third kappa shape index (κ3) is 2.93. The third-order valence-corrected chi connectivity index (χ3v) is 4.37. The Morgan fingerprint density at radius 2 is 1.90 bits per heavy atom. The molecular weight excluding hydrogens is 266 g/mol. The van der Waals surface area contributed by atoms with Crippen molar-refractivity contribution in [3.63, 3.8) is 0 Å². The number of hydrogen-bond acceptors (Lipinski definition) is 3. The van der Waals surface area contributed by atoms with Crippen LogP contribution in [0, 0.1) is 24.0 Å². The Balaban J connectivity index is 2.40. The van der Waals surface area contributed by atoms with Crippen molar-refractivity contribution in [2.45, 2.75) is 34.2 Å². The molecule has 5 heteroatoms. The van der Waals surface area contributed by atoms with Gasteiger partial charge >= 0.3 is 0 Å². The predicted molar refractivity (Wildman–Crippen MR) is 85.9 cm³/mol. The highest BCUT2D eigenvalue weighted by Crippen LogP contribution is 2.28. The molecule has 114 valence electrons. The molecule has 0 aliphatic heterocycles. The molecule has 21 heavy (non-hydrogen) atoms. The van der Waals surface area contributed by atoms with E-state index in [1.54, 1.807) is 12.1 Å². The Kier molecular flexibility index (Phi) is 4.63. The molecule has 0 saturated heterocycles. The van der Waals surface area contributed by atoms with E-state index in [1.165, 1.54) is 5.69 Å². The molecule has 0 radical (unpaired) electrons. The highest BCUT2D eigenvalue weighted by molar-refractivity contribution is 5.87. The van der Waals surface area contributed by atoms with Crippen molar-refractivity contribution >= 4 is 16.6 Å². The second-order valence-corrected chi connectivity index (χ2v) is 5.35. The molecule has 0 N–H and O–H groups in total. The second kappa shape index (κ2) is 6.26. The van der Waals surface area contributed by atoms with E-state index in [0.29, 0.717) is 0 Å². The summed E-state index contributed by atoms with van der Waals surface area (Å²) in [6.45, 7) is 12.4. The molecule has 0 amide bonds. The third-order valence-electron chi connectivity index (χ3n) is 4.37. The minimum absolute atomic E-state index is 0.159. The van der Waals surface area contributed by atoms with E-state index in [4.69, 9.17) is 0 Å². The Bertz CT molecular complexity index is 657. The van der Waals surface area contributed by atoms with E-state index in [2.05, 4.69) is 30.2 Å². The Labute approximate surface area is 125 Å². The highest BCUT2D eigenvalue weighted by Gasteiger charge is 2.15. The van der Waals surface area contributed by atoms with Crippen molar-refractivity contribution in [1.29, 1.82) is 0 Å². The summed E-state index contributed by atoms with van der Waals surface area (Å²) in [6, 6.07) is 5.15. The fourth-order valence-electron chi connectivity index (χ4n) is 2.82. The van der Waals surface area contributed by atoms with E-state index in [-0.39, 0.29) is 10.6 Å². The molecule has 1 heterocycles. The lowest BCUT2D eigenvalue weighted by atomic mass is 10.1. The number of rotatable bonds is 6. The van der Waals surface area contributed by atoms with E-state index in [0.717, 1.165) is 42.6 Å². The summed E-state index contributed by atoms with van der Waals surface area (Å²) in [5.41, 5.74) is 3.57. The normalized spacial score (nSPS) is 11.5. The molecule has 0 spiro atoms. The average molecular weight is 289 g/mol. The molecule has 5 nitrogen and oxygen atoms in total. The summed E-state index contributed by atoms with van der Waals surface area (Å²) in [5.74, 6) is 0. The maximum Gasteiger partial charge on any atom is 0.270 e. The van der Waals surface area contributed by atoms with Crippen molar-refractivity contribution in [3.05, 3.63) is 39.6 Å². The Morgan fingerprint density at radius 1 is 1.24 bits per heavy atom. The van der Waals surface area contributed by atoms with Gasteiger partial charge in [0.25, 0.3) is 5.69 Å². The Hall–Kier alpha value is -1.88. The fourth-order valence-corrected chi connectivity index (χ4v) is 2.82. The van der Waals surface area contributed by atoms with Crippen molar-refractivity contribution in [1.82, 2.24) is 9.47 Å². The first-order valence-electron chi connectivity index (χ1n) is 7.45. The maximum atomic E-state index is 10.9. The van der Waals surface area contributed by atoms with Gasteiger partial charge in [0.1, 0.15) is 0 Å². The van der Waals surface area contributed by atoms with Crippen molar-refractivity contribution in [3.8, 4) is 0 Å². The van der Waals surface area contributed by atoms with Gasteiger partial charge in [-0.25, -0.2) is 0 Å². The Morgan fingerprint density at radius 3 is 2.48 bits per heavy atom. The molecule has 1 aromatic heterocycles. The minimum atomic E-state index is -0.332. The zero-order valence-electron chi connectivity index (χ0n) is 13.2. The van der Waals surface area contributed by atoms with Crippen LogP contribution in [0.3, 0.4) is 0 Å². The summed E-state index contributed by atoms with van der Waals surface area (Å²) in [4.78, 5) is 13.0. The van der Waals surface area contributed by atoms with E-state index < -0.39 is 0 Å². The zero-order chi connectivity index (χ0) is 15.6. The topological polar surface area (TPSA) is 51.3 Å². The number of likely N-dealkylation sites (N-methyl/N-ethyl adjacent to an activating group) is 1. The van der Waals surface area contributed by atoms with Gasteiger partial charge in [-0.3, -0.25) is 10.1 Å². The van der Waals surface area contributed by atoms with E-state index in [1.807, 2.05) is 13.0 Å². The lowest BCUT2D eigenvalue weighted by Crippen LogP contribution is -2.27. The number of nitrogens with zero attached hydrogens (tertiary/aromatic N) is 3. The molecule has 0 atom stereocenters. The van der Waals surface area contributed by atoms with Crippen molar-refractivity contribution in [2.24, 2.45) is 0 Å². The van der Waals surface area contributed by atoms with Gasteiger partial charge in [0.2, 0.25) is 0 Å². The van der Waals surface area contributed by atoms with Crippen LogP contribution in [0.1, 0.15) is 25.1 Å². The molecule has 0 aliphatic carbocycles. The van der Waals surface area contributed by atoms with Gasteiger partial charge in [0.05, 0.1) is 4.92 Å². The number of aryl methyl sites for hydroxylation is 1. The van der Waals surface area contributed by atoms with Gasteiger partial charge < -0.3 is 9.47 Å². The number of hydrogen-bond donors (Lipinski definition) is 0. The summed E-state index contributed by atoms with van der Waals surface area (Å²) in [6.07, 6.45) is 0. The number of nitro benzene ring substituents is 1. The van der Waals surface area contributed by atoms with Crippen LogP contribution in [0.4, 0.5) is 5.69 Å². The standard InChI is InChI=1S/C16H23N3O2/c1-5-17(6-2)9-10-18-13(4)12(3)15-11-14(19(20)21)7-8-16(15)18/h7-8,11H,5-6,9-10H2,1-4H3. The van der Waals surface area contributed by atoms with Crippen LogP contribution in [0.2, 0.25) is 0 Å². The monoisotopic (exact) mass is 289 g/mol. The fraction of sp³-hybridized carbons (Fsp3) is 0.500. The van der Waals surface area contributed by atoms with E-state index in [9.17, 15) is 10.1 Å². The van der Waals surface area contributed by atoms with Crippen LogP contribution >= 0.6 is 0 Å². The maximum absolute atomic E-state index is 10.9. The van der Waals surface area contributed by atoms with Crippen LogP contribution in [-0.4, -0.2) is 34.0 Å². The molecule has 0 bridgehead atoms.